The van der Waals surface area contributed by atoms with Crippen molar-refractivity contribution in [1.82, 2.24) is 5.43 Å². The molecule has 2 aromatic carbocycles. The van der Waals surface area contributed by atoms with Crippen LogP contribution >= 0.6 is 11.3 Å². The molecule has 0 spiro atoms. The van der Waals surface area contributed by atoms with Gasteiger partial charge in [-0.2, -0.15) is 5.10 Å². The molecular weight excluding hydrogens is 426 g/mol. The summed E-state index contributed by atoms with van der Waals surface area (Å²) in [5, 5.41) is 8.70. The first kappa shape index (κ1) is 23.0. The molecule has 0 unspecified atom stereocenters. The van der Waals surface area contributed by atoms with Crippen LogP contribution in [0, 0.1) is 20.8 Å². The van der Waals surface area contributed by atoms with Crippen molar-refractivity contribution in [1.29, 1.82) is 0 Å². The fourth-order valence-corrected chi connectivity index (χ4v) is 3.82. The van der Waals surface area contributed by atoms with Crippen LogP contribution in [0.25, 0.3) is 0 Å². The summed E-state index contributed by atoms with van der Waals surface area (Å²) in [6.07, 6.45) is 1.51. The van der Waals surface area contributed by atoms with Gasteiger partial charge in [-0.1, -0.05) is 23.8 Å². The number of hydrogen-bond acceptors (Lipinski definition) is 6. The Morgan fingerprint density at radius 3 is 2.47 bits per heavy atom. The van der Waals surface area contributed by atoms with Crippen LogP contribution in [0.1, 0.15) is 31.9 Å². The lowest BCUT2D eigenvalue weighted by Crippen LogP contribution is -2.21. The fraction of sp³-hybridized carbons (Fsp3) is 0.208. The van der Waals surface area contributed by atoms with Crippen LogP contribution in [0.3, 0.4) is 0 Å². The van der Waals surface area contributed by atoms with Crippen LogP contribution in [-0.2, 0) is 4.79 Å². The Morgan fingerprint density at radius 1 is 1.06 bits per heavy atom. The normalized spacial score (nSPS) is 10.8. The molecule has 0 saturated heterocycles. The molecular formula is C24H25N3O4S. The fourth-order valence-electron chi connectivity index (χ4n) is 3.21. The Balaban J connectivity index is 1.59. The first-order chi connectivity index (χ1) is 15.4. The maximum Gasteiger partial charge on any atom is 0.281 e. The first-order valence-corrected chi connectivity index (χ1v) is 10.8. The number of carbonyl (C=O) groups excluding carboxylic acids is 2. The largest absolute Gasteiger partial charge is 0.493 e. The molecule has 0 aliphatic heterocycles. The standard InChI is InChI=1S/C24H25N3O4S/c1-15-10-16(2)23(17(3)11-15)26-22(28)14-31-19-8-7-18(12-20(19)30-4)13-25-27-24(29)21-6-5-9-32-21/h5-13H,14H2,1-4H3,(H,26,28)(H,27,29). The summed E-state index contributed by atoms with van der Waals surface area (Å²) in [6.45, 7) is 5.78. The van der Waals surface area contributed by atoms with Gasteiger partial charge in [0.2, 0.25) is 0 Å². The van der Waals surface area contributed by atoms with Crippen LogP contribution in [0.4, 0.5) is 5.69 Å². The Labute approximate surface area is 191 Å². The molecule has 7 nitrogen and oxygen atoms in total. The molecule has 32 heavy (non-hydrogen) atoms. The number of nitrogens with one attached hydrogen (secondary N) is 2. The molecule has 0 radical (unpaired) electrons. The number of aryl methyl sites for hydroxylation is 3. The smallest absolute Gasteiger partial charge is 0.281 e. The second-order valence-corrected chi connectivity index (χ2v) is 8.14. The van der Waals surface area contributed by atoms with Crippen molar-refractivity contribution in [2.75, 3.05) is 19.0 Å². The molecule has 3 rings (SSSR count). The third-order valence-electron chi connectivity index (χ3n) is 4.61. The summed E-state index contributed by atoms with van der Waals surface area (Å²) in [6, 6.07) is 12.7. The van der Waals surface area contributed by atoms with Gasteiger partial charge < -0.3 is 14.8 Å². The van der Waals surface area contributed by atoms with Gasteiger partial charge in [-0.25, -0.2) is 5.43 Å². The van der Waals surface area contributed by atoms with Crippen LogP contribution in [0.5, 0.6) is 11.5 Å². The zero-order chi connectivity index (χ0) is 23.1. The second-order valence-electron chi connectivity index (χ2n) is 7.20. The summed E-state index contributed by atoms with van der Waals surface area (Å²) >= 11 is 1.34. The average molecular weight is 452 g/mol. The zero-order valence-corrected chi connectivity index (χ0v) is 19.2. The van der Waals surface area contributed by atoms with E-state index in [1.807, 2.05) is 38.3 Å². The minimum atomic E-state index is -0.270. The maximum absolute atomic E-state index is 12.4. The van der Waals surface area contributed by atoms with E-state index in [0.717, 1.165) is 22.4 Å². The number of hydrazone groups is 1. The van der Waals surface area contributed by atoms with E-state index in [9.17, 15) is 9.59 Å². The van der Waals surface area contributed by atoms with Crippen molar-refractivity contribution in [2.45, 2.75) is 20.8 Å². The number of amides is 2. The maximum atomic E-state index is 12.4. The molecule has 166 valence electrons. The molecule has 0 saturated carbocycles. The highest BCUT2D eigenvalue weighted by molar-refractivity contribution is 7.12. The first-order valence-electron chi connectivity index (χ1n) is 9.93. The third kappa shape index (κ3) is 5.95. The summed E-state index contributed by atoms with van der Waals surface area (Å²) in [4.78, 5) is 24.9. The molecule has 0 aliphatic rings. The van der Waals surface area contributed by atoms with Crippen LogP contribution < -0.4 is 20.2 Å². The number of carbonyl (C=O) groups is 2. The van der Waals surface area contributed by atoms with Crippen LogP contribution in [-0.4, -0.2) is 31.7 Å². The van der Waals surface area contributed by atoms with E-state index >= 15 is 0 Å². The number of methoxy groups -OCH3 is 1. The van der Waals surface area contributed by atoms with E-state index in [4.69, 9.17) is 9.47 Å². The van der Waals surface area contributed by atoms with Crippen LogP contribution in [0.2, 0.25) is 0 Å². The van der Waals surface area contributed by atoms with Gasteiger partial charge in [-0.05, 0) is 67.1 Å². The van der Waals surface area contributed by atoms with E-state index < -0.39 is 0 Å². The summed E-state index contributed by atoms with van der Waals surface area (Å²) < 4.78 is 11.0. The van der Waals surface area contributed by atoms with Crippen molar-refractivity contribution in [3.05, 3.63) is 75.0 Å². The number of rotatable bonds is 8. The van der Waals surface area contributed by atoms with E-state index in [2.05, 4.69) is 15.8 Å². The topological polar surface area (TPSA) is 89.0 Å². The van der Waals surface area contributed by atoms with Gasteiger partial charge in [-0.15, -0.1) is 11.3 Å². The SMILES string of the molecule is COc1cc(C=NNC(=O)c2cccs2)ccc1OCC(=O)Nc1c(C)cc(C)cc1C. The number of thiophene rings is 1. The number of ether oxygens (including phenoxy) is 2. The lowest BCUT2D eigenvalue weighted by Gasteiger charge is -2.14. The van der Waals surface area contributed by atoms with Crippen molar-refractivity contribution in [3.63, 3.8) is 0 Å². The Kier molecular flexibility index (Phi) is 7.62. The zero-order valence-electron chi connectivity index (χ0n) is 18.4. The molecule has 0 fully saturated rings. The van der Waals surface area contributed by atoms with E-state index in [0.29, 0.717) is 21.9 Å². The minimum absolute atomic E-state index is 0.159. The number of nitrogens with zero attached hydrogens (tertiary/aromatic N) is 1. The Morgan fingerprint density at radius 2 is 1.81 bits per heavy atom. The van der Waals surface area contributed by atoms with Crippen molar-refractivity contribution >= 4 is 35.1 Å². The predicted octanol–water partition coefficient (Wildman–Crippen LogP) is 4.46. The highest BCUT2D eigenvalue weighted by atomic mass is 32.1. The monoisotopic (exact) mass is 451 g/mol. The van der Waals surface area contributed by atoms with Gasteiger partial charge >= 0.3 is 0 Å². The van der Waals surface area contributed by atoms with Crippen LogP contribution in [0.15, 0.2) is 52.9 Å². The van der Waals surface area contributed by atoms with Crippen molar-refractivity contribution in [3.8, 4) is 11.5 Å². The minimum Gasteiger partial charge on any atom is -0.493 e. The highest BCUT2D eigenvalue weighted by Gasteiger charge is 2.11. The summed E-state index contributed by atoms with van der Waals surface area (Å²) in [5.74, 6) is 0.353. The van der Waals surface area contributed by atoms with E-state index in [1.165, 1.54) is 24.7 Å². The Hall–Kier alpha value is -3.65. The van der Waals surface area contributed by atoms with Gasteiger partial charge in [-0.3, -0.25) is 9.59 Å². The molecule has 0 bridgehead atoms. The molecule has 0 atom stereocenters. The summed E-state index contributed by atoms with van der Waals surface area (Å²) in [7, 11) is 1.51. The number of hydrogen-bond donors (Lipinski definition) is 2. The van der Waals surface area contributed by atoms with E-state index in [-0.39, 0.29) is 18.4 Å². The van der Waals surface area contributed by atoms with Gasteiger partial charge in [0.1, 0.15) is 0 Å². The van der Waals surface area contributed by atoms with Crippen molar-refractivity contribution < 1.29 is 19.1 Å². The number of benzene rings is 2. The Bertz CT molecular complexity index is 1120. The van der Waals surface area contributed by atoms with Gasteiger partial charge in [0.15, 0.2) is 18.1 Å². The van der Waals surface area contributed by atoms with Crippen molar-refractivity contribution in [2.24, 2.45) is 5.10 Å². The van der Waals surface area contributed by atoms with Gasteiger partial charge in [0.05, 0.1) is 18.2 Å². The molecule has 1 heterocycles. The molecule has 2 amide bonds. The molecule has 3 aromatic rings. The lowest BCUT2D eigenvalue weighted by atomic mass is 10.1. The second kappa shape index (κ2) is 10.6. The molecule has 0 aliphatic carbocycles. The molecule has 2 N–H and O–H groups in total. The van der Waals surface area contributed by atoms with Gasteiger partial charge in [0, 0.05) is 5.69 Å². The quantitative estimate of drug-likeness (QED) is 0.391. The predicted molar refractivity (Wildman–Crippen MR) is 127 cm³/mol. The van der Waals surface area contributed by atoms with E-state index in [1.54, 1.807) is 30.3 Å². The lowest BCUT2D eigenvalue weighted by molar-refractivity contribution is -0.118. The van der Waals surface area contributed by atoms with Gasteiger partial charge in [0.25, 0.3) is 11.8 Å². The average Bonchev–Trinajstić information content (AvgIpc) is 3.30. The molecule has 8 heteroatoms. The summed E-state index contributed by atoms with van der Waals surface area (Å²) in [5.41, 5.74) is 7.13. The molecule has 1 aromatic heterocycles. The highest BCUT2D eigenvalue weighted by Crippen LogP contribution is 2.28. The third-order valence-corrected chi connectivity index (χ3v) is 5.48. The number of anilines is 1.